The molecular weight excluding hydrogens is 240 g/mol. The molecule has 1 aromatic heterocycles. The first-order chi connectivity index (χ1) is 8.74. The number of fused-ring (bicyclic) bond motifs is 1. The number of hydrogen-bond donors (Lipinski definition) is 2. The van der Waals surface area contributed by atoms with Gasteiger partial charge in [0.2, 0.25) is 0 Å². The molecule has 88 valence electrons. The van der Waals surface area contributed by atoms with Gasteiger partial charge in [0.1, 0.15) is 0 Å². The van der Waals surface area contributed by atoms with Crippen LogP contribution in [0.2, 0.25) is 0 Å². The molecule has 18 heavy (non-hydrogen) atoms. The molecule has 0 aliphatic rings. The molecule has 0 atom stereocenters. The first-order valence-corrected chi connectivity index (χ1v) is 6.11. The summed E-state index contributed by atoms with van der Waals surface area (Å²) in [5.74, 6) is 0. The molecule has 1 heterocycles. The van der Waals surface area contributed by atoms with Gasteiger partial charge in [-0.1, -0.05) is 12.1 Å². The van der Waals surface area contributed by atoms with Crippen molar-refractivity contribution >= 4 is 29.1 Å². The zero-order valence-corrected chi connectivity index (χ0v) is 10.6. The van der Waals surface area contributed by atoms with Gasteiger partial charge >= 0.3 is 0 Å². The van der Waals surface area contributed by atoms with Crippen molar-refractivity contribution in [3.63, 3.8) is 0 Å². The Kier molecular flexibility index (Phi) is 2.68. The molecule has 3 aromatic rings. The lowest BCUT2D eigenvalue weighted by Crippen LogP contribution is -1.86. The number of anilines is 1. The highest BCUT2D eigenvalue weighted by molar-refractivity contribution is 7.80. The molecule has 0 saturated carbocycles. The smallest absolute Gasteiger partial charge is 0.0346 e. The predicted octanol–water partition coefficient (Wildman–Crippen LogP) is 3.77. The van der Waals surface area contributed by atoms with Crippen molar-refractivity contribution in [2.45, 2.75) is 4.90 Å². The monoisotopic (exact) mass is 252 g/mol. The van der Waals surface area contributed by atoms with Crippen molar-refractivity contribution in [3.05, 3.63) is 54.9 Å². The molecule has 2 nitrogen and oxygen atoms in total. The van der Waals surface area contributed by atoms with Crippen LogP contribution < -0.4 is 5.73 Å². The van der Waals surface area contributed by atoms with Crippen molar-refractivity contribution in [2.75, 3.05) is 5.73 Å². The number of nitrogen functional groups attached to an aromatic ring is 1. The van der Waals surface area contributed by atoms with E-state index in [0.717, 1.165) is 32.5 Å². The molecular formula is C15H12N2S. The van der Waals surface area contributed by atoms with Gasteiger partial charge in [-0.3, -0.25) is 4.98 Å². The molecule has 0 fully saturated rings. The normalized spacial score (nSPS) is 10.7. The summed E-state index contributed by atoms with van der Waals surface area (Å²) >= 11 is 4.54. The summed E-state index contributed by atoms with van der Waals surface area (Å²) in [6.07, 6.45) is 3.63. The van der Waals surface area contributed by atoms with E-state index in [1.54, 1.807) is 6.20 Å². The summed E-state index contributed by atoms with van der Waals surface area (Å²) in [7, 11) is 0. The Balaban J connectivity index is 2.24. The van der Waals surface area contributed by atoms with E-state index in [2.05, 4.69) is 29.7 Å². The number of nitrogens with two attached hydrogens (primary N) is 1. The van der Waals surface area contributed by atoms with Crippen molar-refractivity contribution in [3.8, 4) is 11.1 Å². The molecule has 2 N–H and O–H groups in total. The van der Waals surface area contributed by atoms with Crippen LogP contribution >= 0.6 is 12.6 Å². The van der Waals surface area contributed by atoms with Crippen LogP contribution in [0.3, 0.4) is 0 Å². The Labute approximate surface area is 111 Å². The molecule has 0 aliphatic heterocycles. The van der Waals surface area contributed by atoms with E-state index in [4.69, 9.17) is 5.73 Å². The minimum absolute atomic E-state index is 0.763. The van der Waals surface area contributed by atoms with Gasteiger partial charge in [-0.25, -0.2) is 0 Å². The van der Waals surface area contributed by atoms with Gasteiger partial charge in [0.05, 0.1) is 0 Å². The van der Waals surface area contributed by atoms with Gasteiger partial charge < -0.3 is 5.73 Å². The topological polar surface area (TPSA) is 38.9 Å². The largest absolute Gasteiger partial charge is 0.399 e. The zero-order chi connectivity index (χ0) is 12.5. The Hall–Kier alpha value is -2.00. The van der Waals surface area contributed by atoms with Crippen LogP contribution in [-0.4, -0.2) is 4.98 Å². The highest BCUT2D eigenvalue weighted by atomic mass is 32.1. The Bertz CT molecular complexity index is 723. The maximum Gasteiger partial charge on any atom is 0.0346 e. The van der Waals surface area contributed by atoms with Gasteiger partial charge in [-0.05, 0) is 46.8 Å². The van der Waals surface area contributed by atoms with E-state index in [1.807, 2.05) is 36.5 Å². The minimum atomic E-state index is 0.763. The van der Waals surface area contributed by atoms with Crippen LogP contribution in [0.5, 0.6) is 0 Å². The van der Waals surface area contributed by atoms with E-state index >= 15 is 0 Å². The summed E-state index contributed by atoms with van der Waals surface area (Å²) in [6.45, 7) is 0. The van der Waals surface area contributed by atoms with Gasteiger partial charge in [0, 0.05) is 28.4 Å². The first-order valence-electron chi connectivity index (χ1n) is 5.67. The van der Waals surface area contributed by atoms with Crippen LogP contribution in [0.4, 0.5) is 5.69 Å². The number of hydrogen-bond acceptors (Lipinski definition) is 3. The average Bonchev–Trinajstić information content (AvgIpc) is 2.39. The van der Waals surface area contributed by atoms with E-state index in [0.29, 0.717) is 0 Å². The molecule has 0 saturated heterocycles. The standard InChI is InChI=1S/C15H12N2S/c16-13-3-1-2-10(7-13)11-6-12-9-17-5-4-14(12)15(18)8-11/h1-9,18H,16H2. The second kappa shape index (κ2) is 4.35. The quantitative estimate of drug-likeness (QED) is 0.511. The number of nitrogens with zero attached hydrogens (tertiary/aromatic N) is 1. The highest BCUT2D eigenvalue weighted by Crippen LogP contribution is 2.29. The number of thiol groups is 1. The van der Waals surface area contributed by atoms with Crippen LogP contribution in [0.1, 0.15) is 0 Å². The van der Waals surface area contributed by atoms with Crippen molar-refractivity contribution in [1.82, 2.24) is 4.98 Å². The molecule has 0 unspecified atom stereocenters. The highest BCUT2D eigenvalue weighted by Gasteiger charge is 2.03. The fourth-order valence-electron chi connectivity index (χ4n) is 2.07. The summed E-state index contributed by atoms with van der Waals surface area (Å²) in [4.78, 5) is 5.10. The third-order valence-electron chi connectivity index (χ3n) is 2.95. The van der Waals surface area contributed by atoms with Crippen LogP contribution in [-0.2, 0) is 0 Å². The maximum absolute atomic E-state index is 5.82. The molecule has 0 bridgehead atoms. The average molecular weight is 252 g/mol. The Morgan fingerprint density at radius 2 is 1.89 bits per heavy atom. The molecule has 0 aliphatic carbocycles. The zero-order valence-electron chi connectivity index (χ0n) is 9.67. The van der Waals surface area contributed by atoms with Crippen LogP contribution in [0.25, 0.3) is 21.9 Å². The fourth-order valence-corrected chi connectivity index (χ4v) is 2.42. The van der Waals surface area contributed by atoms with Crippen LogP contribution in [0.15, 0.2) is 59.8 Å². The molecule has 2 aromatic carbocycles. The predicted molar refractivity (Wildman–Crippen MR) is 78.8 cm³/mol. The molecule has 3 heteroatoms. The number of benzene rings is 2. The second-order valence-electron chi connectivity index (χ2n) is 4.22. The Morgan fingerprint density at radius 3 is 2.72 bits per heavy atom. The molecule has 0 spiro atoms. The van der Waals surface area contributed by atoms with Gasteiger partial charge in [0.25, 0.3) is 0 Å². The molecule has 0 amide bonds. The summed E-state index contributed by atoms with van der Waals surface area (Å²) in [5, 5.41) is 2.20. The number of aromatic nitrogens is 1. The van der Waals surface area contributed by atoms with Gasteiger partial charge in [-0.15, -0.1) is 12.6 Å². The van der Waals surface area contributed by atoms with E-state index in [9.17, 15) is 0 Å². The third kappa shape index (κ3) is 1.93. The van der Waals surface area contributed by atoms with Crippen molar-refractivity contribution in [2.24, 2.45) is 0 Å². The second-order valence-corrected chi connectivity index (χ2v) is 4.70. The van der Waals surface area contributed by atoms with Crippen LogP contribution in [0, 0.1) is 0 Å². The van der Waals surface area contributed by atoms with E-state index in [1.165, 1.54) is 0 Å². The maximum atomic E-state index is 5.82. The Morgan fingerprint density at radius 1 is 1.00 bits per heavy atom. The van der Waals surface area contributed by atoms with Gasteiger partial charge in [0.15, 0.2) is 0 Å². The first kappa shape index (κ1) is 11.1. The summed E-state index contributed by atoms with van der Waals surface area (Å²) < 4.78 is 0. The number of pyridine rings is 1. The van der Waals surface area contributed by atoms with Crippen molar-refractivity contribution in [1.29, 1.82) is 0 Å². The summed E-state index contributed by atoms with van der Waals surface area (Å²) in [5.41, 5.74) is 8.78. The van der Waals surface area contributed by atoms with Crippen molar-refractivity contribution < 1.29 is 0 Å². The van der Waals surface area contributed by atoms with E-state index in [-0.39, 0.29) is 0 Å². The van der Waals surface area contributed by atoms with Gasteiger partial charge in [-0.2, -0.15) is 0 Å². The number of rotatable bonds is 1. The van der Waals surface area contributed by atoms with E-state index < -0.39 is 0 Å². The lowest BCUT2D eigenvalue weighted by Gasteiger charge is -2.07. The fraction of sp³-hybridized carbons (Fsp3) is 0. The lowest BCUT2D eigenvalue weighted by molar-refractivity contribution is 1.35. The SMILES string of the molecule is Nc1cccc(-c2cc(S)c3ccncc3c2)c1. The minimum Gasteiger partial charge on any atom is -0.399 e. The summed E-state index contributed by atoms with van der Waals surface area (Å²) in [6, 6.07) is 14.0. The molecule has 0 radical (unpaired) electrons. The molecule has 3 rings (SSSR count). The third-order valence-corrected chi connectivity index (χ3v) is 3.32. The lowest BCUT2D eigenvalue weighted by atomic mass is 10.0.